The fourth-order valence-corrected chi connectivity index (χ4v) is 4.86. The minimum atomic E-state index is -2.46. The Morgan fingerprint density at radius 2 is 2.14 bits per heavy atom. The van der Waals surface area contributed by atoms with Gasteiger partial charge in [0.25, 0.3) is 0 Å². The fourth-order valence-electron chi connectivity index (χ4n) is 2.60. The molecule has 22 heavy (non-hydrogen) atoms. The topological polar surface area (TPSA) is 51.5 Å². The zero-order valence-corrected chi connectivity index (χ0v) is 13.9. The van der Waals surface area contributed by atoms with Gasteiger partial charge in [-0.15, -0.1) is 0 Å². The minimum absolute atomic E-state index is 0.363. The molecule has 1 aromatic heterocycles. The number of nitrogens with zero attached hydrogens (tertiary/aromatic N) is 2. The lowest BCUT2D eigenvalue weighted by Crippen LogP contribution is -2.19. The van der Waals surface area contributed by atoms with E-state index in [-0.39, 0.29) is 0 Å². The van der Waals surface area contributed by atoms with E-state index in [1.807, 2.05) is 30.3 Å². The Balaban J connectivity index is 2.01. The fraction of sp³-hybridized carbons (Fsp3) is 0.312. The second kappa shape index (κ2) is 6.26. The van der Waals surface area contributed by atoms with Crippen molar-refractivity contribution in [3.05, 3.63) is 52.8 Å². The number of ether oxygens (including phenoxy) is 1. The average molecular weight is 337 g/mol. The van der Waals surface area contributed by atoms with Crippen LogP contribution in [0.3, 0.4) is 0 Å². The molecular weight excluding hydrogens is 320 g/mol. The number of pyridine rings is 1. The summed E-state index contributed by atoms with van der Waals surface area (Å²) in [6, 6.07) is 11.5. The molecule has 0 fully saturated rings. The summed E-state index contributed by atoms with van der Waals surface area (Å²) in [5, 5.41) is 0.363. The Hall–Kier alpha value is -1.59. The zero-order valence-electron chi connectivity index (χ0n) is 12.3. The van der Waals surface area contributed by atoms with Gasteiger partial charge in [0.15, 0.2) is 0 Å². The van der Waals surface area contributed by atoms with Gasteiger partial charge in [-0.05, 0) is 18.4 Å². The predicted molar refractivity (Wildman–Crippen MR) is 88.0 cm³/mol. The van der Waals surface area contributed by atoms with Crippen molar-refractivity contribution in [3.63, 3.8) is 0 Å². The maximum Gasteiger partial charge on any atom is 0.141 e. The number of rotatable bonds is 3. The van der Waals surface area contributed by atoms with Crippen molar-refractivity contribution < 1.29 is 8.95 Å². The van der Waals surface area contributed by atoms with Crippen LogP contribution < -0.4 is 4.74 Å². The van der Waals surface area contributed by atoms with E-state index < -0.39 is 9.73 Å². The number of aryl methyl sites for hydroxylation is 1. The van der Waals surface area contributed by atoms with Gasteiger partial charge >= 0.3 is 0 Å². The molecule has 0 bridgehead atoms. The third-order valence-electron chi connectivity index (χ3n) is 3.66. The Labute approximate surface area is 135 Å². The average Bonchev–Trinajstić information content (AvgIpc) is 2.53. The van der Waals surface area contributed by atoms with Gasteiger partial charge in [0.2, 0.25) is 0 Å². The van der Waals surface area contributed by atoms with Crippen LogP contribution in [0, 0.1) is 0 Å². The summed E-state index contributed by atoms with van der Waals surface area (Å²) in [7, 11) is -0.870. The van der Waals surface area contributed by atoms with Crippen molar-refractivity contribution in [2.24, 2.45) is 4.36 Å². The van der Waals surface area contributed by atoms with Crippen LogP contribution in [-0.2, 0) is 22.8 Å². The second-order valence-electron chi connectivity index (χ2n) is 5.12. The van der Waals surface area contributed by atoms with Crippen molar-refractivity contribution in [1.82, 2.24) is 4.98 Å². The molecule has 1 atom stereocenters. The smallest absolute Gasteiger partial charge is 0.141 e. The molecule has 0 radical (unpaired) electrons. The summed E-state index contributed by atoms with van der Waals surface area (Å²) in [6.45, 7) is 0.396. The maximum absolute atomic E-state index is 13.0. The molecular formula is C16H17ClN2O2S. The van der Waals surface area contributed by atoms with Gasteiger partial charge in [-0.25, -0.2) is 13.6 Å². The number of benzene rings is 1. The molecule has 1 aliphatic heterocycles. The van der Waals surface area contributed by atoms with Gasteiger partial charge in [-0.2, -0.15) is 0 Å². The third kappa shape index (κ3) is 2.96. The molecule has 2 heterocycles. The second-order valence-corrected chi connectivity index (χ2v) is 7.97. The third-order valence-corrected chi connectivity index (χ3v) is 6.36. The first-order chi connectivity index (χ1) is 10.6. The van der Waals surface area contributed by atoms with E-state index in [2.05, 4.69) is 9.35 Å². The molecule has 2 aromatic rings. The monoisotopic (exact) mass is 336 g/mol. The quantitative estimate of drug-likeness (QED) is 0.803. The molecule has 0 amide bonds. The van der Waals surface area contributed by atoms with Crippen molar-refractivity contribution in [3.8, 4) is 5.75 Å². The van der Waals surface area contributed by atoms with E-state index in [1.165, 1.54) is 0 Å². The summed E-state index contributed by atoms with van der Waals surface area (Å²) in [5.41, 5.74) is 1.79. The Kier molecular flexibility index (Phi) is 4.36. The molecule has 1 aliphatic rings. The molecule has 1 aromatic carbocycles. The number of hydrogen-bond acceptors (Lipinski definition) is 4. The maximum atomic E-state index is 13.0. The van der Waals surface area contributed by atoms with Crippen molar-refractivity contribution in [2.75, 3.05) is 12.8 Å². The molecule has 0 saturated carbocycles. The zero-order chi connectivity index (χ0) is 15.6. The Morgan fingerprint density at radius 3 is 2.86 bits per heavy atom. The van der Waals surface area contributed by atoms with Gasteiger partial charge in [0, 0.05) is 18.9 Å². The molecule has 3 rings (SSSR count). The van der Waals surface area contributed by atoms with Crippen molar-refractivity contribution in [2.45, 2.75) is 24.3 Å². The van der Waals surface area contributed by atoms with Crippen LogP contribution in [0.25, 0.3) is 0 Å². The highest BCUT2D eigenvalue weighted by Gasteiger charge is 2.27. The van der Waals surface area contributed by atoms with E-state index in [1.54, 1.807) is 13.1 Å². The van der Waals surface area contributed by atoms with E-state index in [0.717, 1.165) is 24.1 Å². The summed E-state index contributed by atoms with van der Waals surface area (Å²) in [4.78, 5) is 4.95. The SMILES string of the molecule is CN=[S@@]1(=O)CCCc2nc(Cl)cc(OCc3ccccc3)c21. The lowest BCUT2D eigenvalue weighted by Gasteiger charge is -2.22. The van der Waals surface area contributed by atoms with E-state index in [0.29, 0.717) is 28.2 Å². The Morgan fingerprint density at radius 1 is 1.36 bits per heavy atom. The normalized spacial score (nSPS) is 20.3. The summed E-state index contributed by atoms with van der Waals surface area (Å²) >= 11 is 6.09. The molecule has 4 nitrogen and oxygen atoms in total. The number of fused-ring (bicyclic) bond motifs is 1. The van der Waals surface area contributed by atoms with Crippen LogP contribution in [-0.4, -0.2) is 22.0 Å². The van der Waals surface area contributed by atoms with Gasteiger partial charge in [0.05, 0.1) is 15.4 Å². The standard InChI is InChI=1S/C16H17ClN2O2S/c1-18-22(20)9-5-8-13-16(22)14(10-15(17)19-13)21-11-12-6-3-2-4-7-12/h2-4,6-7,10H,5,8-9,11H2,1H3/t22-/m1/s1. The Bertz CT molecular complexity index is 799. The molecule has 0 N–H and O–H groups in total. The van der Waals surface area contributed by atoms with Crippen molar-refractivity contribution >= 4 is 21.3 Å². The minimum Gasteiger partial charge on any atom is -0.487 e. The first kappa shape index (κ1) is 15.3. The lowest BCUT2D eigenvalue weighted by molar-refractivity contribution is 0.296. The van der Waals surface area contributed by atoms with Crippen LogP contribution >= 0.6 is 11.6 Å². The van der Waals surface area contributed by atoms with E-state index in [4.69, 9.17) is 16.3 Å². The summed E-state index contributed by atoms with van der Waals surface area (Å²) < 4.78 is 23.0. The largest absolute Gasteiger partial charge is 0.487 e. The van der Waals surface area contributed by atoms with Crippen LogP contribution in [0.5, 0.6) is 5.75 Å². The van der Waals surface area contributed by atoms with Gasteiger partial charge in [0.1, 0.15) is 22.4 Å². The van der Waals surface area contributed by atoms with E-state index >= 15 is 0 Å². The molecule has 6 heteroatoms. The van der Waals surface area contributed by atoms with Crippen LogP contribution in [0.2, 0.25) is 5.15 Å². The van der Waals surface area contributed by atoms with Crippen LogP contribution in [0.4, 0.5) is 0 Å². The lowest BCUT2D eigenvalue weighted by atomic mass is 10.2. The first-order valence-corrected chi connectivity index (χ1v) is 9.18. The van der Waals surface area contributed by atoms with Gasteiger partial charge in [-0.3, -0.25) is 0 Å². The van der Waals surface area contributed by atoms with Crippen LogP contribution in [0.1, 0.15) is 17.7 Å². The summed E-state index contributed by atoms with van der Waals surface area (Å²) in [5.74, 6) is 1.08. The van der Waals surface area contributed by atoms with Gasteiger partial charge < -0.3 is 4.74 Å². The highest BCUT2D eigenvalue weighted by atomic mass is 35.5. The highest BCUT2D eigenvalue weighted by molar-refractivity contribution is 7.93. The van der Waals surface area contributed by atoms with Crippen LogP contribution in [0.15, 0.2) is 45.7 Å². The molecule has 0 saturated heterocycles. The number of aromatic nitrogens is 1. The molecule has 0 spiro atoms. The molecule has 116 valence electrons. The highest BCUT2D eigenvalue weighted by Crippen LogP contribution is 2.35. The number of halogens is 1. The molecule has 0 aliphatic carbocycles. The van der Waals surface area contributed by atoms with Crippen molar-refractivity contribution in [1.29, 1.82) is 0 Å². The summed E-state index contributed by atoms with van der Waals surface area (Å²) in [6.07, 6.45) is 1.55. The van der Waals surface area contributed by atoms with E-state index in [9.17, 15) is 4.21 Å². The molecule has 0 unspecified atom stereocenters. The predicted octanol–water partition coefficient (Wildman–Crippen LogP) is 3.72. The van der Waals surface area contributed by atoms with Gasteiger partial charge in [-0.1, -0.05) is 41.9 Å². The first-order valence-electron chi connectivity index (χ1n) is 7.11. The number of hydrogen-bond donors (Lipinski definition) is 0.